The summed E-state index contributed by atoms with van der Waals surface area (Å²) in [6, 6.07) is 5.40. The lowest BCUT2D eigenvalue weighted by Crippen LogP contribution is -2.39. The molecule has 1 unspecified atom stereocenters. The first-order chi connectivity index (χ1) is 9.61. The first-order valence-electron chi connectivity index (χ1n) is 6.80. The fraction of sp³-hybridized carbons (Fsp3) is 0.500. The summed E-state index contributed by atoms with van der Waals surface area (Å²) in [4.78, 5) is 28.6. The van der Waals surface area contributed by atoms with Crippen molar-refractivity contribution < 1.29 is 14.7 Å². The smallest absolute Gasteiger partial charge is 0.407 e. The third-order valence-corrected chi connectivity index (χ3v) is 4.45. The Balaban J connectivity index is 1.56. The van der Waals surface area contributed by atoms with Crippen LogP contribution in [0.25, 0.3) is 0 Å². The Bertz CT molecular complexity index is 524. The van der Waals surface area contributed by atoms with Crippen LogP contribution < -0.4 is 5.32 Å². The lowest BCUT2D eigenvalue weighted by atomic mass is 9.91. The topological polar surface area (TPSA) is 82.5 Å². The number of carbonyl (C=O) groups excluding carboxylic acids is 1. The van der Waals surface area contributed by atoms with Crippen molar-refractivity contribution in [3.63, 3.8) is 0 Å². The van der Waals surface area contributed by atoms with Gasteiger partial charge < -0.3 is 15.3 Å². The molecule has 3 rings (SSSR count). The Morgan fingerprint density at radius 1 is 1.35 bits per heavy atom. The van der Waals surface area contributed by atoms with Gasteiger partial charge in [0.25, 0.3) is 0 Å². The molecule has 20 heavy (non-hydrogen) atoms. The molecule has 2 fully saturated rings. The molecule has 2 aliphatic rings. The summed E-state index contributed by atoms with van der Waals surface area (Å²) in [5, 5.41) is 11.8. The predicted octanol–water partition coefficient (Wildman–Crippen LogP) is 1.80. The van der Waals surface area contributed by atoms with Crippen LogP contribution >= 0.6 is 0 Å². The van der Waals surface area contributed by atoms with Gasteiger partial charge in [-0.3, -0.25) is 4.79 Å². The van der Waals surface area contributed by atoms with E-state index in [9.17, 15) is 9.59 Å². The maximum absolute atomic E-state index is 12.2. The highest BCUT2D eigenvalue weighted by atomic mass is 16.4. The number of piperidine rings is 1. The first-order valence-corrected chi connectivity index (χ1v) is 6.80. The summed E-state index contributed by atoms with van der Waals surface area (Å²) < 4.78 is 0. The molecule has 2 heterocycles. The van der Waals surface area contributed by atoms with Crippen molar-refractivity contribution in [2.45, 2.75) is 19.3 Å². The molecule has 106 valence electrons. The van der Waals surface area contributed by atoms with Crippen molar-refractivity contribution in [2.24, 2.45) is 11.3 Å². The molecule has 6 nitrogen and oxygen atoms in total. The van der Waals surface area contributed by atoms with Crippen LogP contribution in [0.4, 0.5) is 10.6 Å². The van der Waals surface area contributed by atoms with E-state index in [1.165, 1.54) is 4.90 Å². The van der Waals surface area contributed by atoms with Crippen molar-refractivity contribution in [3.05, 3.63) is 24.4 Å². The summed E-state index contributed by atoms with van der Waals surface area (Å²) in [7, 11) is 0. The highest BCUT2D eigenvalue weighted by Crippen LogP contribution is 2.59. The molecule has 1 aliphatic carbocycles. The third-order valence-electron chi connectivity index (χ3n) is 4.45. The van der Waals surface area contributed by atoms with Crippen LogP contribution in [-0.2, 0) is 4.79 Å². The number of rotatable bonds is 2. The van der Waals surface area contributed by atoms with Crippen LogP contribution in [0.5, 0.6) is 0 Å². The summed E-state index contributed by atoms with van der Waals surface area (Å²) in [6.45, 7) is 1.06. The van der Waals surface area contributed by atoms with Gasteiger partial charge in [0.2, 0.25) is 5.91 Å². The summed E-state index contributed by atoms with van der Waals surface area (Å²) in [5.74, 6) is 0.579. The van der Waals surface area contributed by atoms with E-state index in [2.05, 4.69) is 10.3 Å². The minimum absolute atomic E-state index is 0.000418. The first kappa shape index (κ1) is 12.9. The number of anilines is 1. The van der Waals surface area contributed by atoms with Crippen molar-refractivity contribution in [2.75, 3.05) is 18.4 Å². The monoisotopic (exact) mass is 275 g/mol. The standard InChI is InChI=1S/C14H17N3O3/c18-12(16-11-3-1-2-6-15-11)10-9-14(10)4-7-17(8-5-14)13(19)20/h1-3,6,10H,4-5,7-9H2,(H,19,20)(H,15,16,18). The second kappa shape index (κ2) is 4.77. The molecule has 1 spiro atoms. The van der Waals surface area contributed by atoms with E-state index in [-0.39, 0.29) is 17.2 Å². The van der Waals surface area contributed by atoms with Crippen LogP contribution in [0, 0.1) is 11.3 Å². The fourth-order valence-electron chi connectivity index (χ4n) is 3.06. The van der Waals surface area contributed by atoms with Gasteiger partial charge in [0.1, 0.15) is 5.82 Å². The van der Waals surface area contributed by atoms with Gasteiger partial charge in [-0.15, -0.1) is 0 Å². The second-order valence-corrected chi connectivity index (χ2v) is 5.59. The van der Waals surface area contributed by atoms with Crippen LogP contribution in [0.1, 0.15) is 19.3 Å². The molecule has 0 aromatic carbocycles. The number of carbonyl (C=O) groups is 2. The number of likely N-dealkylation sites (tertiary alicyclic amines) is 1. The predicted molar refractivity (Wildman–Crippen MR) is 72.2 cm³/mol. The molecule has 0 radical (unpaired) electrons. The minimum atomic E-state index is -0.866. The second-order valence-electron chi connectivity index (χ2n) is 5.59. The normalized spacial score (nSPS) is 23.4. The van der Waals surface area contributed by atoms with Gasteiger partial charge in [0.05, 0.1) is 0 Å². The summed E-state index contributed by atoms with van der Waals surface area (Å²) >= 11 is 0. The number of pyridine rings is 1. The van der Waals surface area contributed by atoms with Gasteiger partial charge in [0.15, 0.2) is 0 Å². The zero-order chi connectivity index (χ0) is 14.2. The number of hydrogen-bond donors (Lipinski definition) is 2. The zero-order valence-electron chi connectivity index (χ0n) is 11.1. The molecule has 2 amide bonds. The summed E-state index contributed by atoms with van der Waals surface area (Å²) in [5.41, 5.74) is 0.0187. The molecule has 0 bridgehead atoms. The molecule has 1 aromatic heterocycles. The van der Waals surface area contributed by atoms with Crippen molar-refractivity contribution in [1.29, 1.82) is 0 Å². The number of amides is 2. The molecule has 1 atom stereocenters. The minimum Gasteiger partial charge on any atom is -0.465 e. The maximum Gasteiger partial charge on any atom is 0.407 e. The van der Waals surface area contributed by atoms with Gasteiger partial charge in [-0.05, 0) is 36.8 Å². The van der Waals surface area contributed by atoms with E-state index in [1.54, 1.807) is 18.3 Å². The highest BCUT2D eigenvalue weighted by Gasteiger charge is 2.58. The number of nitrogens with zero attached hydrogens (tertiary/aromatic N) is 2. The zero-order valence-corrected chi connectivity index (χ0v) is 11.1. The third kappa shape index (κ3) is 2.33. The van der Waals surface area contributed by atoms with E-state index >= 15 is 0 Å². The van der Waals surface area contributed by atoms with Crippen LogP contribution in [0.3, 0.4) is 0 Å². The molecular formula is C14H17N3O3. The van der Waals surface area contributed by atoms with Crippen molar-refractivity contribution in [3.8, 4) is 0 Å². The molecule has 1 saturated carbocycles. The van der Waals surface area contributed by atoms with Gasteiger partial charge in [-0.1, -0.05) is 6.07 Å². The quantitative estimate of drug-likeness (QED) is 0.862. The number of nitrogens with one attached hydrogen (secondary N) is 1. The van der Waals surface area contributed by atoms with Gasteiger partial charge >= 0.3 is 6.09 Å². The van der Waals surface area contributed by atoms with Crippen molar-refractivity contribution >= 4 is 17.8 Å². The lowest BCUT2D eigenvalue weighted by Gasteiger charge is -2.30. The SMILES string of the molecule is O=C(Nc1ccccn1)C1CC12CCN(C(=O)O)CC2. The van der Waals surface area contributed by atoms with Gasteiger partial charge in [0, 0.05) is 25.2 Å². The Morgan fingerprint density at radius 3 is 2.70 bits per heavy atom. The molecule has 1 saturated heterocycles. The molecule has 6 heteroatoms. The highest BCUT2D eigenvalue weighted by molar-refractivity contribution is 5.94. The molecule has 2 N–H and O–H groups in total. The van der Waals surface area contributed by atoms with E-state index in [0.717, 1.165) is 19.3 Å². The fourth-order valence-corrected chi connectivity index (χ4v) is 3.06. The largest absolute Gasteiger partial charge is 0.465 e. The Labute approximate surface area is 116 Å². The van der Waals surface area contributed by atoms with E-state index in [1.807, 2.05) is 6.07 Å². The average Bonchev–Trinajstić information content (AvgIpc) is 3.14. The van der Waals surface area contributed by atoms with Gasteiger partial charge in [-0.2, -0.15) is 0 Å². The lowest BCUT2D eigenvalue weighted by molar-refractivity contribution is -0.118. The maximum atomic E-state index is 12.2. The number of carboxylic acid groups (broad SMARTS) is 1. The van der Waals surface area contributed by atoms with E-state index in [4.69, 9.17) is 5.11 Å². The van der Waals surface area contributed by atoms with Crippen molar-refractivity contribution in [1.82, 2.24) is 9.88 Å². The molecule has 1 aliphatic heterocycles. The van der Waals surface area contributed by atoms with E-state index < -0.39 is 6.09 Å². The van der Waals surface area contributed by atoms with Crippen LogP contribution in [0.2, 0.25) is 0 Å². The van der Waals surface area contributed by atoms with Crippen LogP contribution in [-0.4, -0.2) is 40.1 Å². The summed E-state index contributed by atoms with van der Waals surface area (Å²) in [6.07, 6.45) is 3.19. The number of aromatic nitrogens is 1. The Kier molecular flexibility index (Phi) is 3.08. The average molecular weight is 275 g/mol. The van der Waals surface area contributed by atoms with E-state index in [0.29, 0.717) is 18.9 Å². The molecule has 1 aromatic rings. The number of hydrogen-bond acceptors (Lipinski definition) is 3. The van der Waals surface area contributed by atoms with Gasteiger partial charge in [-0.25, -0.2) is 9.78 Å². The molecular weight excluding hydrogens is 258 g/mol. The Hall–Kier alpha value is -2.11. The van der Waals surface area contributed by atoms with Crippen LogP contribution in [0.15, 0.2) is 24.4 Å². The Morgan fingerprint density at radius 2 is 2.10 bits per heavy atom.